The largest absolute Gasteiger partial charge is 0.396 e. The Kier molecular flexibility index (Phi) is 7.06. The molecule has 2 nitrogen and oxygen atoms in total. The van der Waals surface area contributed by atoms with Gasteiger partial charge in [-0.15, -0.1) is 0 Å². The Morgan fingerprint density at radius 3 is 2.44 bits per heavy atom. The third-order valence-corrected chi connectivity index (χ3v) is 4.13. The van der Waals surface area contributed by atoms with Gasteiger partial charge in [-0.2, -0.15) is 0 Å². The minimum absolute atomic E-state index is 0.327. The van der Waals surface area contributed by atoms with Crippen molar-refractivity contribution in [2.75, 3.05) is 20.2 Å². The lowest BCUT2D eigenvalue weighted by Crippen LogP contribution is -2.39. The summed E-state index contributed by atoms with van der Waals surface area (Å²) >= 11 is 0. The van der Waals surface area contributed by atoms with E-state index in [0.29, 0.717) is 6.61 Å². The predicted octanol–water partition coefficient (Wildman–Crippen LogP) is 3.05. The van der Waals surface area contributed by atoms with Crippen LogP contribution in [-0.4, -0.2) is 36.2 Å². The van der Waals surface area contributed by atoms with Crippen molar-refractivity contribution in [1.82, 2.24) is 4.90 Å². The first-order chi connectivity index (χ1) is 7.79. The number of hydrogen-bond donors (Lipinski definition) is 1. The summed E-state index contributed by atoms with van der Waals surface area (Å²) in [5.41, 5.74) is 0. The normalized spacial score (nSPS) is 27.8. The molecule has 16 heavy (non-hydrogen) atoms. The van der Waals surface area contributed by atoms with Crippen LogP contribution >= 0.6 is 0 Å². The highest BCUT2D eigenvalue weighted by atomic mass is 16.3. The summed E-state index contributed by atoms with van der Waals surface area (Å²) < 4.78 is 0. The van der Waals surface area contributed by atoms with Gasteiger partial charge in [0.15, 0.2) is 0 Å². The number of hydrogen-bond acceptors (Lipinski definition) is 2. The van der Waals surface area contributed by atoms with Crippen LogP contribution in [-0.2, 0) is 0 Å². The van der Waals surface area contributed by atoms with Gasteiger partial charge in [0.2, 0.25) is 0 Å². The van der Waals surface area contributed by atoms with E-state index in [2.05, 4.69) is 18.9 Å². The average molecular weight is 227 g/mol. The maximum absolute atomic E-state index is 8.91. The van der Waals surface area contributed by atoms with E-state index < -0.39 is 0 Å². The summed E-state index contributed by atoms with van der Waals surface area (Å²) in [5, 5.41) is 8.91. The number of nitrogens with zero attached hydrogens (tertiary/aromatic N) is 1. The van der Waals surface area contributed by atoms with Crippen molar-refractivity contribution in [2.45, 2.75) is 64.3 Å². The fraction of sp³-hybridized carbons (Fsp3) is 1.00. The Morgan fingerprint density at radius 1 is 1.12 bits per heavy atom. The van der Waals surface area contributed by atoms with E-state index in [0.717, 1.165) is 24.9 Å². The van der Waals surface area contributed by atoms with Crippen LogP contribution < -0.4 is 0 Å². The van der Waals surface area contributed by atoms with Crippen molar-refractivity contribution in [1.29, 1.82) is 0 Å². The second kappa shape index (κ2) is 8.08. The molecule has 1 rings (SSSR count). The molecular formula is C14H29NO. The van der Waals surface area contributed by atoms with Crippen LogP contribution in [0, 0.1) is 5.92 Å². The third kappa shape index (κ3) is 4.42. The molecule has 0 amide bonds. The van der Waals surface area contributed by atoms with Gasteiger partial charge in [0.05, 0.1) is 0 Å². The Labute approximate surface area is 101 Å². The lowest BCUT2D eigenvalue weighted by Gasteiger charge is -2.36. The molecule has 0 saturated heterocycles. The summed E-state index contributed by atoms with van der Waals surface area (Å²) in [7, 11) is 2.24. The van der Waals surface area contributed by atoms with Crippen molar-refractivity contribution < 1.29 is 5.11 Å². The fourth-order valence-corrected chi connectivity index (χ4v) is 3.08. The van der Waals surface area contributed by atoms with Gasteiger partial charge in [0, 0.05) is 19.2 Å². The van der Waals surface area contributed by atoms with Crippen LogP contribution in [0.5, 0.6) is 0 Å². The van der Waals surface area contributed by atoms with Gasteiger partial charge < -0.3 is 10.0 Å². The highest BCUT2D eigenvalue weighted by molar-refractivity contribution is 4.79. The summed E-state index contributed by atoms with van der Waals surface area (Å²) in [4.78, 5) is 2.50. The smallest absolute Gasteiger partial charge is 0.0443 e. The summed E-state index contributed by atoms with van der Waals surface area (Å²) in [6.45, 7) is 3.71. The lowest BCUT2D eigenvalue weighted by atomic mass is 9.84. The molecule has 2 heteroatoms. The van der Waals surface area contributed by atoms with E-state index in [-0.39, 0.29) is 0 Å². The van der Waals surface area contributed by atoms with E-state index in [9.17, 15) is 0 Å². The summed E-state index contributed by atoms with van der Waals surface area (Å²) in [6, 6.07) is 0.761. The zero-order valence-corrected chi connectivity index (χ0v) is 11.1. The maximum atomic E-state index is 8.91. The first-order valence-electron chi connectivity index (χ1n) is 7.10. The molecular weight excluding hydrogens is 198 g/mol. The molecule has 0 aromatic carbocycles. The molecule has 1 aliphatic rings. The molecule has 2 unspecified atom stereocenters. The van der Waals surface area contributed by atoms with E-state index in [1.165, 1.54) is 44.9 Å². The van der Waals surface area contributed by atoms with Crippen molar-refractivity contribution in [3.05, 3.63) is 0 Å². The van der Waals surface area contributed by atoms with Gasteiger partial charge in [-0.05, 0) is 32.2 Å². The van der Waals surface area contributed by atoms with Gasteiger partial charge in [0.25, 0.3) is 0 Å². The zero-order chi connectivity index (χ0) is 11.8. The van der Waals surface area contributed by atoms with Gasteiger partial charge in [0.1, 0.15) is 0 Å². The van der Waals surface area contributed by atoms with Crippen molar-refractivity contribution in [2.24, 2.45) is 5.92 Å². The molecule has 0 bridgehead atoms. The van der Waals surface area contributed by atoms with Crippen LogP contribution in [0.25, 0.3) is 0 Å². The molecule has 1 saturated carbocycles. The van der Waals surface area contributed by atoms with Crippen LogP contribution in [0.15, 0.2) is 0 Å². The zero-order valence-electron chi connectivity index (χ0n) is 11.1. The van der Waals surface area contributed by atoms with Gasteiger partial charge in [-0.25, -0.2) is 0 Å². The maximum Gasteiger partial charge on any atom is 0.0443 e. The molecule has 0 radical (unpaired) electrons. The first kappa shape index (κ1) is 14.0. The highest BCUT2D eigenvalue weighted by Gasteiger charge is 2.24. The molecule has 96 valence electrons. The van der Waals surface area contributed by atoms with Crippen LogP contribution in [0.3, 0.4) is 0 Å². The summed E-state index contributed by atoms with van der Waals surface area (Å²) in [5.74, 6) is 0.879. The highest BCUT2D eigenvalue weighted by Crippen LogP contribution is 2.28. The summed E-state index contributed by atoms with van der Waals surface area (Å²) in [6.07, 6.45) is 10.7. The molecule has 0 aliphatic heterocycles. The molecule has 1 fully saturated rings. The SMILES string of the molecule is CCC1CCCCCCC1N(C)CCCO. The monoisotopic (exact) mass is 227 g/mol. The van der Waals surface area contributed by atoms with Crippen LogP contribution in [0.4, 0.5) is 0 Å². The van der Waals surface area contributed by atoms with Crippen molar-refractivity contribution in [3.63, 3.8) is 0 Å². The Hall–Kier alpha value is -0.0800. The third-order valence-electron chi connectivity index (χ3n) is 4.13. The Bertz CT molecular complexity index is 172. The van der Waals surface area contributed by atoms with Gasteiger partial charge >= 0.3 is 0 Å². The Morgan fingerprint density at radius 2 is 1.81 bits per heavy atom. The topological polar surface area (TPSA) is 23.5 Å². The Balaban J connectivity index is 2.48. The van der Waals surface area contributed by atoms with E-state index in [1.807, 2.05) is 0 Å². The van der Waals surface area contributed by atoms with Crippen molar-refractivity contribution >= 4 is 0 Å². The molecule has 0 spiro atoms. The minimum Gasteiger partial charge on any atom is -0.396 e. The predicted molar refractivity (Wildman–Crippen MR) is 69.6 cm³/mol. The first-order valence-corrected chi connectivity index (χ1v) is 7.10. The molecule has 0 aromatic rings. The van der Waals surface area contributed by atoms with Gasteiger partial charge in [-0.1, -0.05) is 39.0 Å². The van der Waals surface area contributed by atoms with Gasteiger partial charge in [-0.3, -0.25) is 0 Å². The number of aliphatic hydroxyl groups is 1. The van der Waals surface area contributed by atoms with E-state index >= 15 is 0 Å². The number of aliphatic hydroxyl groups excluding tert-OH is 1. The molecule has 0 aromatic heterocycles. The molecule has 0 heterocycles. The fourth-order valence-electron chi connectivity index (χ4n) is 3.08. The molecule has 2 atom stereocenters. The quantitative estimate of drug-likeness (QED) is 0.780. The van der Waals surface area contributed by atoms with Crippen LogP contribution in [0.1, 0.15) is 58.3 Å². The second-order valence-corrected chi connectivity index (χ2v) is 5.29. The number of rotatable bonds is 5. The average Bonchev–Trinajstić information content (AvgIpc) is 2.26. The molecule has 1 aliphatic carbocycles. The van der Waals surface area contributed by atoms with E-state index in [1.54, 1.807) is 0 Å². The van der Waals surface area contributed by atoms with E-state index in [4.69, 9.17) is 5.11 Å². The van der Waals surface area contributed by atoms with Crippen LogP contribution in [0.2, 0.25) is 0 Å². The standard InChI is InChI=1S/C14H29NO/c1-3-13-9-6-4-5-7-10-14(13)15(2)11-8-12-16/h13-14,16H,3-12H2,1-2H3. The molecule has 1 N–H and O–H groups in total. The minimum atomic E-state index is 0.327. The lowest BCUT2D eigenvalue weighted by molar-refractivity contribution is 0.131. The second-order valence-electron chi connectivity index (χ2n) is 5.29. The van der Waals surface area contributed by atoms with Crippen molar-refractivity contribution in [3.8, 4) is 0 Å².